The molecule has 0 aliphatic rings. The van der Waals surface area contributed by atoms with Gasteiger partial charge in [0.15, 0.2) is 0 Å². The monoisotopic (exact) mass is 269 g/mol. The van der Waals surface area contributed by atoms with Crippen LogP contribution in [-0.2, 0) is 4.84 Å². The van der Waals surface area contributed by atoms with Crippen molar-refractivity contribution in [3.8, 4) is 0 Å². The smallest absolute Gasteiger partial charge is 0.104 e. The predicted octanol–water partition coefficient (Wildman–Crippen LogP) is 3.17. The Kier molecular flexibility index (Phi) is 5.50. The quantitative estimate of drug-likeness (QED) is 0.599. The molecule has 0 radical (unpaired) electrons. The number of nitrogens with one attached hydrogen (secondary N) is 1. The summed E-state index contributed by atoms with van der Waals surface area (Å²) in [5.74, 6) is 0. The van der Waals surface area contributed by atoms with Crippen LogP contribution >= 0.6 is 0 Å². The van der Waals surface area contributed by atoms with Gasteiger partial charge < -0.3 is 5.11 Å². The Bertz CT molecular complexity index is 513. The van der Waals surface area contributed by atoms with Crippen LogP contribution in [0.1, 0.15) is 23.3 Å². The summed E-state index contributed by atoms with van der Waals surface area (Å²) >= 11 is 0. The van der Waals surface area contributed by atoms with Gasteiger partial charge in [-0.3, -0.25) is 4.84 Å². The molecule has 3 nitrogen and oxygen atoms in total. The molecule has 0 bridgehead atoms. The van der Waals surface area contributed by atoms with E-state index in [4.69, 9.17) is 4.84 Å². The van der Waals surface area contributed by atoms with Gasteiger partial charge >= 0.3 is 0 Å². The molecular weight excluding hydrogens is 250 g/mol. The van der Waals surface area contributed by atoms with Crippen LogP contribution in [0, 0.1) is 0 Å². The molecule has 0 heterocycles. The number of aliphatic hydroxyl groups excluding tert-OH is 1. The lowest BCUT2D eigenvalue weighted by Gasteiger charge is -2.17. The molecule has 2 atom stereocenters. The van der Waals surface area contributed by atoms with E-state index in [1.54, 1.807) is 6.08 Å². The Morgan fingerprint density at radius 2 is 1.55 bits per heavy atom. The molecule has 104 valence electrons. The number of hydrogen-bond acceptors (Lipinski definition) is 3. The second-order valence-electron chi connectivity index (χ2n) is 4.48. The number of benzene rings is 2. The average molecular weight is 269 g/mol. The third-order valence-electron chi connectivity index (χ3n) is 3.03. The summed E-state index contributed by atoms with van der Waals surface area (Å²) in [5.41, 5.74) is 4.81. The van der Waals surface area contributed by atoms with E-state index in [0.29, 0.717) is 0 Å². The molecule has 0 amide bonds. The van der Waals surface area contributed by atoms with E-state index >= 15 is 0 Å². The molecule has 2 rings (SSSR count). The molecule has 2 N–H and O–H groups in total. The Morgan fingerprint density at radius 1 is 1.00 bits per heavy atom. The average Bonchev–Trinajstić information content (AvgIpc) is 2.53. The fourth-order valence-corrected chi connectivity index (χ4v) is 1.90. The maximum absolute atomic E-state index is 9.99. The van der Waals surface area contributed by atoms with Crippen LogP contribution in [0.5, 0.6) is 0 Å². The van der Waals surface area contributed by atoms with Gasteiger partial charge in [-0.2, -0.15) is 5.48 Å². The molecule has 0 fully saturated rings. The summed E-state index contributed by atoms with van der Waals surface area (Å²) < 4.78 is 0. The van der Waals surface area contributed by atoms with E-state index in [9.17, 15) is 5.11 Å². The summed E-state index contributed by atoms with van der Waals surface area (Å²) in [6.45, 7) is 3.97. The third kappa shape index (κ3) is 4.03. The zero-order chi connectivity index (χ0) is 14.2. The van der Waals surface area contributed by atoms with Crippen molar-refractivity contribution in [2.75, 3.05) is 6.61 Å². The highest BCUT2D eigenvalue weighted by Gasteiger charge is 2.10. The molecule has 3 heteroatoms. The summed E-state index contributed by atoms with van der Waals surface area (Å²) in [6.07, 6.45) is 1.12. The van der Waals surface area contributed by atoms with Crippen molar-refractivity contribution in [2.45, 2.75) is 12.1 Å². The number of hydrogen-bond donors (Lipinski definition) is 2. The van der Waals surface area contributed by atoms with Crippen molar-refractivity contribution in [2.24, 2.45) is 0 Å². The third-order valence-corrected chi connectivity index (χ3v) is 3.03. The first-order valence-electron chi connectivity index (χ1n) is 6.59. The Hall–Kier alpha value is -1.94. The lowest BCUT2D eigenvalue weighted by Crippen LogP contribution is -2.23. The minimum absolute atomic E-state index is 0.0980. The van der Waals surface area contributed by atoms with Crippen LogP contribution in [0.3, 0.4) is 0 Å². The van der Waals surface area contributed by atoms with Gasteiger partial charge in [-0.15, -0.1) is 6.58 Å². The molecule has 0 spiro atoms. The van der Waals surface area contributed by atoms with Crippen molar-refractivity contribution in [3.63, 3.8) is 0 Å². The number of rotatable bonds is 7. The number of hydroxylamine groups is 1. The van der Waals surface area contributed by atoms with Crippen molar-refractivity contribution in [3.05, 3.63) is 84.4 Å². The van der Waals surface area contributed by atoms with E-state index in [1.165, 1.54) is 0 Å². The van der Waals surface area contributed by atoms with Crippen molar-refractivity contribution in [1.82, 2.24) is 5.48 Å². The van der Waals surface area contributed by atoms with Crippen molar-refractivity contribution >= 4 is 0 Å². The summed E-state index contributed by atoms with van der Waals surface area (Å²) in [7, 11) is 0. The summed E-state index contributed by atoms with van der Waals surface area (Å²) in [6, 6.07) is 19.2. The second-order valence-corrected chi connectivity index (χ2v) is 4.48. The summed E-state index contributed by atoms with van der Waals surface area (Å²) in [5, 5.41) is 9.99. The van der Waals surface area contributed by atoms with Gasteiger partial charge in [-0.25, -0.2) is 0 Å². The lowest BCUT2D eigenvalue weighted by atomic mass is 10.1. The molecule has 2 aromatic rings. The van der Waals surface area contributed by atoms with Crippen LogP contribution in [0.4, 0.5) is 0 Å². The van der Waals surface area contributed by atoms with E-state index < -0.39 is 6.10 Å². The molecule has 0 aliphatic heterocycles. The standard InChI is InChI=1S/C17H19NO2/c1-2-16(14-9-5-3-6-10-14)18-20-13-17(19)15-11-7-4-8-12-15/h2-12,16-19H,1,13H2/t16-,17-/m0/s1. The van der Waals surface area contributed by atoms with Crippen molar-refractivity contribution in [1.29, 1.82) is 0 Å². The van der Waals surface area contributed by atoms with Crippen LogP contribution in [-0.4, -0.2) is 11.7 Å². The largest absolute Gasteiger partial charge is 0.386 e. The first kappa shape index (κ1) is 14.5. The predicted molar refractivity (Wildman–Crippen MR) is 79.9 cm³/mol. The maximum atomic E-state index is 9.99. The van der Waals surface area contributed by atoms with Crippen molar-refractivity contribution < 1.29 is 9.94 Å². The minimum atomic E-state index is -0.648. The van der Waals surface area contributed by atoms with Crippen LogP contribution in [0.25, 0.3) is 0 Å². The highest BCUT2D eigenvalue weighted by Crippen LogP contribution is 2.15. The Morgan fingerprint density at radius 3 is 2.10 bits per heavy atom. The number of aliphatic hydroxyl groups is 1. The maximum Gasteiger partial charge on any atom is 0.104 e. The molecule has 2 aromatic carbocycles. The van der Waals surface area contributed by atoms with E-state index in [-0.39, 0.29) is 12.6 Å². The van der Waals surface area contributed by atoms with Crippen LogP contribution in [0.15, 0.2) is 73.3 Å². The second kappa shape index (κ2) is 7.60. The van der Waals surface area contributed by atoms with E-state index in [1.807, 2.05) is 60.7 Å². The topological polar surface area (TPSA) is 41.5 Å². The zero-order valence-corrected chi connectivity index (χ0v) is 11.3. The van der Waals surface area contributed by atoms with E-state index in [0.717, 1.165) is 11.1 Å². The van der Waals surface area contributed by atoms with Gasteiger partial charge in [0.25, 0.3) is 0 Å². The molecule has 20 heavy (non-hydrogen) atoms. The fraction of sp³-hybridized carbons (Fsp3) is 0.176. The van der Waals surface area contributed by atoms with E-state index in [2.05, 4.69) is 12.1 Å². The molecule has 0 saturated carbocycles. The first-order chi connectivity index (χ1) is 9.81. The van der Waals surface area contributed by atoms with Crippen LogP contribution in [0.2, 0.25) is 0 Å². The Balaban J connectivity index is 1.84. The summed E-state index contributed by atoms with van der Waals surface area (Å²) in [4.78, 5) is 5.39. The SMILES string of the molecule is C=C[C@H](NOC[C@H](O)c1ccccc1)c1ccccc1. The molecular formula is C17H19NO2. The van der Waals surface area contributed by atoms with Gasteiger partial charge in [0, 0.05) is 0 Å². The molecule has 0 saturated heterocycles. The van der Waals surface area contributed by atoms with Gasteiger partial charge in [-0.1, -0.05) is 66.7 Å². The molecule has 0 aliphatic carbocycles. The van der Waals surface area contributed by atoms with Gasteiger partial charge in [0.1, 0.15) is 6.10 Å². The molecule has 0 aromatic heterocycles. The molecule has 0 unspecified atom stereocenters. The lowest BCUT2D eigenvalue weighted by molar-refractivity contribution is -0.0300. The minimum Gasteiger partial charge on any atom is -0.386 e. The zero-order valence-electron chi connectivity index (χ0n) is 11.3. The van der Waals surface area contributed by atoms with Gasteiger partial charge in [0.2, 0.25) is 0 Å². The highest BCUT2D eigenvalue weighted by molar-refractivity contribution is 5.21. The highest BCUT2D eigenvalue weighted by atomic mass is 16.6. The fourth-order valence-electron chi connectivity index (χ4n) is 1.90. The van der Waals surface area contributed by atoms with Gasteiger partial charge in [0.05, 0.1) is 12.6 Å². The van der Waals surface area contributed by atoms with Gasteiger partial charge in [-0.05, 0) is 11.1 Å². The normalized spacial score (nSPS) is 13.7. The first-order valence-corrected chi connectivity index (χ1v) is 6.59. The Labute approximate surface area is 119 Å². The van der Waals surface area contributed by atoms with Crippen LogP contribution < -0.4 is 5.48 Å².